The summed E-state index contributed by atoms with van der Waals surface area (Å²) in [6.45, 7) is 0.869. The number of halogens is 3. The Morgan fingerprint density at radius 3 is 2.73 bits per heavy atom. The van der Waals surface area contributed by atoms with Crippen LogP contribution in [0.1, 0.15) is 36.0 Å². The fourth-order valence-corrected chi connectivity index (χ4v) is 3.33. The van der Waals surface area contributed by atoms with E-state index < -0.39 is 12.6 Å². The van der Waals surface area contributed by atoms with Crippen molar-refractivity contribution in [3.8, 4) is 0 Å². The van der Waals surface area contributed by atoms with E-state index in [1.54, 1.807) is 4.90 Å². The molecule has 1 aliphatic heterocycles. The maximum absolute atomic E-state index is 12.4. The second-order valence-corrected chi connectivity index (χ2v) is 6.37. The smallest absolute Gasteiger partial charge is 0.336 e. The van der Waals surface area contributed by atoms with Crippen LogP contribution in [0, 0.1) is 5.41 Å². The molecule has 1 aromatic heterocycles. The Hall–Kier alpha value is -1.57. The number of nitrogens with two attached hydrogens (primary N) is 1. The molecule has 2 heterocycles. The molecule has 1 unspecified atom stereocenters. The molecule has 1 atom stereocenters. The van der Waals surface area contributed by atoms with E-state index in [9.17, 15) is 18.0 Å². The molecule has 22 heavy (non-hydrogen) atoms. The third-order valence-electron chi connectivity index (χ3n) is 4.85. The van der Waals surface area contributed by atoms with Crippen molar-refractivity contribution in [3.05, 3.63) is 18.0 Å². The van der Waals surface area contributed by atoms with E-state index in [0.717, 1.165) is 23.9 Å². The first kappa shape index (κ1) is 15.3. The highest BCUT2D eigenvalue weighted by Gasteiger charge is 2.50. The van der Waals surface area contributed by atoms with Crippen molar-refractivity contribution in [2.75, 3.05) is 13.1 Å². The number of carbonyl (C=O) groups is 1. The molecular formula is C14H19F3N4O. The van der Waals surface area contributed by atoms with Gasteiger partial charge in [0.25, 0.3) is 5.91 Å². The van der Waals surface area contributed by atoms with E-state index in [1.165, 1.54) is 12.4 Å². The lowest BCUT2D eigenvalue weighted by Crippen LogP contribution is -2.45. The SMILES string of the molecule is NC1CN(C(=O)c2cnn(CCC(F)(F)F)c2)CC12CCC2. The molecule has 5 nitrogen and oxygen atoms in total. The average Bonchev–Trinajstić information content (AvgIpc) is 2.98. The predicted octanol–water partition coefficient (Wildman–Crippen LogP) is 1.79. The summed E-state index contributed by atoms with van der Waals surface area (Å²) in [5, 5.41) is 3.84. The highest BCUT2D eigenvalue weighted by atomic mass is 19.4. The summed E-state index contributed by atoms with van der Waals surface area (Å²) < 4.78 is 37.8. The van der Waals surface area contributed by atoms with Gasteiger partial charge in [-0.15, -0.1) is 0 Å². The normalized spacial score (nSPS) is 23.8. The first-order chi connectivity index (χ1) is 10.3. The van der Waals surface area contributed by atoms with Gasteiger partial charge in [-0.05, 0) is 12.8 Å². The molecule has 3 rings (SSSR count). The van der Waals surface area contributed by atoms with Crippen molar-refractivity contribution in [1.82, 2.24) is 14.7 Å². The number of amides is 1. The van der Waals surface area contributed by atoms with E-state index >= 15 is 0 Å². The van der Waals surface area contributed by atoms with Gasteiger partial charge in [0.15, 0.2) is 0 Å². The number of hydrogen-bond donors (Lipinski definition) is 1. The third kappa shape index (κ3) is 2.84. The monoisotopic (exact) mass is 316 g/mol. The molecule has 2 N–H and O–H groups in total. The Labute approximate surface area is 126 Å². The van der Waals surface area contributed by atoms with Crippen molar-refractivity contribution in [3.63, 3.8) is 0 Å². The molecule has 0 bridgehead atoms. The molecule has 2 fully saturated rings. The molecule has 1 aromatic rings. The predicted molar refractivity (Wildman–Crippen MR) is 73.1 cm³/mol. The summed E-state index contributed by atoms with van der Waals surface area (Å²) in [6, 6.07) is -0.00882. The van der Waals surface area contributed by atoms with Crippen LogP contribution in [0.4, 0.5) is 13.2 Å². The van der Waals surface area contributed by atoms with E-state index in [-0.39, 0.29) is 23.9 Å². The Morgan fingerprint density at radius 1 is 1.45 bits per heavy atom. The van der Waals surface area contributed by atoms with Gasteiger partial charge in [-0.1, -0.05) is 6.42 Å². The summed E-state index contributed by atoms with van der Waals surface area (Å²) in [4.78, 5) is 14.1. The maximum atomic E-state index is 12.4. The van der Waals surface area contributed by atoms with Crippen LogP contribution in [0.25, 0.3) is 0 Å². The summed E-state index contributed by atoms with van der Waals surface area (Å²) >= 11 is 0. The Bertz CT molecular complexity index is 565. The van der Waals surface area contributed by atoms with Crippen LogP contribution in [-0.2, 0) is 6.54 Å². The van der Waals surface area contributed by atoms with E-state index in [4.69, 9.17) is 5.73 Å². The number of nitrogens with zero attached hydrogens (tertiary/aromatic N) is 3. The van der Waals surface area contributed by atoms with Gasteiger partial charge in [-0.3, -0.25) is 9.48 Å². The molecular weight excluding hydrogens is 297 g/mol. The van der Waals surface area contributed by atoms with Gasteiger partial charge in [0.05, 0.1) is 18.2 Å². The molecule has 1 saturated heterocycles. The van der Waals surface area contributed by atoms with Gasteiger partial charge in [-0.25, -0.2) is 0 Å². The minimum absolute atomic E-state index is 0.00882. The van der Waals surface area contributed by atoms with E-state index in [0.29, 0.717) is 18.7 Å². The molecule has 8 heteroatoms. The molecule has 2 aliphatic rings. The number of rotatable bonds is 3. The summed E-state index contributed by atoms with van der Waals surface area (Å²) in [6.07, 6.45) is 0.756. The van der Waals surface area contributed by atoms with Crippen LogP contribution in [0.5, 0.6) is 0 Å². The maximum Gasteiger partial charge on any atom is 0.390 e. The molecule has 122 valence electrons. The lowest BCUT2D eigenvalue weighted by atomic mass is 9.66. The quantitative estimate of drug-likeness (QED) is 0.924. The second-order valence-electron chi connectivity index (χ2n) is 6.37. The van der Waals surface area contributed by atoms with E-state index in [1.807, 2.05) is 0 Å². The number of aromatic nitrogens is 2. The zero-order chi connectivity index (χ0) is 16.0. The van der Waals surface area contributed by atoms with Crippen LogP contribution in [0.3, 0.4) is 0 Å². The molecule has 1 spiro atoms. The van der Waals surface area contributed by atoms with Crippen LogP contribution in [0.2, 0.25) is 0 Å². The van der Waals surface area contributed by atoms with Crippen molar-refractivity contribution in [2.45, 2.75) is 44.4 Å². The van der Waals surface area contributed by atoms with Gasteiger partial charge in [0, 0.05) is 37.3 Å². The lowest BCUT2D eigenvalue weighted by molar-refractivity contribution is -0.137. The van der Waals surface area contributed by atoms with Gasteiger partial charge in [0.1, 0.15) is 0 Å². The van der Waals surface area contributed by atoms with Gasteiger partial charge in [0.2, 0.25) is 0 Å². The second kappa shape index (κ2) is 5.26. The number of alkyl halides is 3. The highest BCUT2D eigenvalue weighted by molar-refractivity contribution is 5.94. The first-order valence-electron chi connectivity index (χ1n) is 7.43. The fraction of sp³-hybridized carbons (Fsp3) is 0.714. The topological polar surface area (TPSA) is 64.2 Å². The molecule has 1 amide bonds. The van der Waals surface area contributed by atoms with Gasteiger partial charge < -0.3 is 10.6 Å². The highest BCUT2D eigenvalue weighted by Crippen LogP contribution is 2.47. The van der Waals surface area contributed by atoms with Crippen LogP contribution in [0.15, 0.2) is 12.4 Å². The summed E-state index contributed by atoms with van der Waals surface area (Å²) in [7, 11) is 0. The fourth-order valence-electron chi connectivity index (χ4n) is 3.33. The van der Waals surface area contributed by atoms with Crippen LogP contribution >= 0.6 is 0 Å². The summed E-state index contributed by atoms with van der Waals surface area (Å²) in [5.74, 6) is -0.197. The van der Waals surface area contributed by atoms with Crippen LogP contribution in [-0.4, -0.2) is 45.9 Å². The van der Waals surface area contributed by atoms with Crippen LogP contribution < -0.4 is 5.73 Å². The Kier molecular flexibility index (Phi) is 3.66. The number of likely N-dealkylation sites (tertiary alicyclic amines) is 1. The number of aryl methyl sites for hydroxylation is 1. The van der Waals surface area contributed by atoms with Gasteiger partial charge >= 0.3 is 6.18 Å². The average molecular weight is 316 g/mol. The lowest BCUT2D eigenvalue weighted by Gasteiger charge is -2.41. The Balaban J connectivity index is 1.62. The minimum atomic E-state index is -4.23. The Morgan fingerprint density at radius 2 is 2.18 bits per heavy atom. The zero-order valence-corrected chi connectivity index (χ0v) is 12.1. The first-order valence-corrected chi connectivity index (χ1v) is 7.43. The standard InChI is InChI=1S/C14H19F3N4O/c15-14(16,17)4-5-21-7-10(6-19-21)12(22)20-8-11(18)13(9-20)2-1-3-13/h6-7,11H,1-5,8-9,18H2. The third-order valence-corrected chi connectivity index (χ3v) is 4.85. The summed E-state index contributed by atoms with van der Waals surface area (Å²) in [5.41, 5.74) is 6.52. The van der Waals surface area contributed by atoms with Crippen molar-refractivity contribution >= 4 is 5.91 Å². The van der Waals surface area contributed by atoms with Crippen molar-refractivity contribution in [2.24, 2.45) is 11.1 Å². The molecule has 0 radical (unpaired) electrons. The van der Waals surface area contributed by atoms with Crippen molar-refractivity contribution < 1.29 is 18.0 Å². The van der Waals surface area contributed by atoms with E-state index in [2.05, 4.69) is 5.10 Å². The van der Waals surface area contributed by atoms with Crippen molar-refractivity contribution in [1.29, 1.82) is 0 Å². The minimum Gasteiger partial charge on any atom is -0.336 e. The molecule has 0 aromatic carbocycles. The number of hydrogen-bond acceptors (Lipinski definition) is 3. The molecule has 1 saturated carbocycles. The largest absolute Gasteiger partial charge is 0.390 e. The molecule has 1 aliphatic carbocycles. The zero-order valence-electron chi connectivity index (χ0n) is 12.1. The van der Waals surface area contributed by atoms with Gasteiger partial charge in [-0.2, -0.15) is 18.3 Å². The number of carbonyl (C=O) groups excluding carboxylic acids is 1.